The van der Waals surface area contributed by atoms with E-state index in [1.54, 1.807) is 12.1 Å². The van der Waals surface area contributed by atoms with E-state index in [1.165, 1.54) is 18.2 Å². The van der Waals surface area contributed by atoms with Crippen molar-refractivity contribution in [3.63, 3.8) is 0 Å². The minimum atomic E-state index is -2.99. The second kappa shape index (κ2) is 8.62. The second-order valence-corrected chi connectivity index (χ2v) is 5.96. The first-order valence-electron chi connectivity index (χ1n) is 7.66. The van der Waals surface area contributed by atoms with E-state index in [1.807, 2.05) is 19.9 Å². The van der Waals surface area contributed by atoms with Crippen molar-refractivity contribution in [1.82, 2.24) is 5.32 Å². The van der Waals surface area contributed by atoms with Gasteiger partial charge in [-0.1, -0.05) is 17.7 Å². The van der Waals surface area contributed by atoms with Crippen LogP contribution in [0.25, 0.3) is 0 Å². The third-order valence-electron chi connectivity index (χ3n) is 3.61. The van der Waals surface area contributed by atoms with Gasteiger partial charge in [0.1, 0.15) is 5.75 Å². The summed E-state index contributed by atoms with van der Waals surface area (Å²) in [7, 11) is 0. The highest BCUT2D eigenvalue weighted by Crippen LogP contribution is 2.28. The molecule has 2 N–H and O–H groups in total. The number of carbonyl (C=O) groups is 2. The highest BCUT2D eigenvalue weighted by Gasteiger charge is 2.12. The number of hydrogen-bond donors (Lipinski definition) is 2. The number of carbonyl (C=O) groups excluding carboxylic acids is 2. The number of alkyl halides is 2. The first kappa shape index (κ1) is 19.7. The summed E-state index contributed by atoms with van der Waals surface area (Å²) in [6.07, 6.45) is 0. The molecule has 0 saturated carbocycles. The van der Waals surface area contributed by atoms with Crippen molar-refractivity contribution in [3.05, 3.63) is 58.1 Å². The molecule has 0 radical (unpaired) electrons. The molecule has 0 aliphatic heterocycles. The molecular formula is C18H17ClF2N2O3. The van der Waals surface area contributed by atoms with Crippen molar-refractivity contribution < 1.29 is 23.1 Å². The molecule has 138 valence electrons. The average Bonchev–Trinajstić information content (AvgIpc) is 2.57. The normalized spacial score (nSPS) is 10.5. The summed E-state index contributed by atoms with van der Waals surface area (Å²) in [6.45, 7) is 0.587. The third kappa shape index (κ3) is 5.42. The van der Waals surface area contributed by atoms with Crippen molar-refractivity contribution in [2.24, 2.45) is 0 Å². The summed E-state index contributed by atoms with van der Waals surface area (Å²) >= 11 is 5.81. The topological polar surface area (TPSA) is 67.4 Å². The van der Waals surface area contributed by atoms with E-state index in [0.29, 0.717) is 11.3 Å². The van der Waals surface area contributed by atoms with Gasteiger partial charge >= 0.3 is 6.61 Å². The van der Waals surface area contributed by atoms with E-state index in [2.05, 4.69) is 15.4 Å². The van der Waals surface area contributed by atoms with E-state index >= 15 is 0 Å². The molecule has 0 aromatic heterocycles. The fraction of sp³-hybridized carbons (Fsp3) is 0.222. The Balaban J connectivity index is 1.91. The quantitative estimate of drug-likeness (QED) is 0.795. The van der Waals surface area contributed by atoms with Gasteiger partial charge < -0.3 is 15.4 Å². The van der Waals surface area contributed by atoms with Gasteiger partial charge in [-0.15, -0.1) is 0 Å². The number of nitrogens with one attached hydrogen (secondary N) is 2. The van der Waals surface area contributed by atoms with Crippen LogP contribution in [0.3, 0.4) is 0 Å². The van der Waals surface area contributed by atoms with Crippen LogP contribution in [0, 0.1) is 13.8 Å². The highest BCUT2D eigenvalue weighted by molar-refractivity contribution is 6.32. The Labute approximate surface area is 154 Å². The van der Waals surface area contributed by atoms with Crippen LogP contribution < -0.4 is 15.4 Å². The first-order chi connectivity index (χ1) is 12.3. The lowest BCUT2D eigenvalue weighted by Crippen LogP contribution is -2.32. The fourth-order valence-corrected chi connectivity index (χ4v) is 2.35. The zero-order chi connectivity index (χ0) is 19.3. The van der Waals surface area contributed by atoms with E-state index < -0.39 is 12.5 Å². The number of rotatable bonds is 6. The van der Waals surface area contributed by atoms with Crippen molar-refractivity contribution >= 4 is 29.1 Å². The molecule has 2 rings (SSSR count). The van der Waals surface area contributed by atoms with Crippen LogP contribution in [0.2, 0.25) is 5.02 Å². The summed E-state index contributed by atoms with van der Waals surface area (Å²) in [6, 6.07) is 9.11. The van der Waals surface area contributed by atoms with E-state index in [0.717, 1.165) is 11.1 Å². The molecule has 0 aliphatic carbocycles. The van der Waals surface area contributed by atoms with Gasteiger partial charge in [-0.05, 0) is 55.3 Å². The van der Waals surface area contributed by atoms with Crippen molar-refractivity contribution in [1.29, 1.82) is 0 Å². The molecular weight excluding hydrogens is 366 g/mol. The van der Waals surface area contributed by atoms with Gasteiger partial charge in [0.25, 0.3) is 5.91 Å². The first-order valence-corrected chi connectivity index (χ1v) is 8.03. The van der Waals surface area contributed by atoms with Crippen molar-refractivity contribution in [2.75, 3.05) is 11.9 Å². The lowest BCUT2D eigenvalue weighted by molar-refractivity contribution is -0.115. The van der Waals surface area contributed by atoms with Gasteiger partial charge in [-0.25, -0.2) is 0 Å². The molecule has 5 nitrogen and oxygen atoms in total. The van der Waals surface area contributed by atoms with Gasteiger partial charge in [0, 0.05) is 11.3 Å². The van der Waals surface area contributed by atoms with Gasteiger partial charge in [0.05, 0.1) is 11.6 Å². The van der Waals surface area contributed by atoms with Gasteiger partial charge in [-0.2, -0.15) is 8.78 Å². The van der Waals surface area contributed by atoms with Crippen LogP contribution in [0.5, 0.6) is 5.75 Å². The maximum atomic E-state index is 12.2. The number of aryl methyl sites for hydroxylation is 2. The van der Waals surface area contributed by atoms with Crippen LogP contribution in [-0.4, -0.2) is 25.0 Å². The molecule has 2 amide bonds. The maximum Gasteiger partial charge on any atom is 0.387 e. The molecule has 0 saturated heterocycles. The van der Waals surface area contributed by atoms with Crippen LogP contribution in [0.1, 0.15) is 21.5 Å². The molecule has 0 spiro atoms. The Bertz CT molecular complexity index is 828. The molecule has 0 fully saturated rings. The predicted molar refractivity (Wildman–Crippen MR) is 95.0 cm³/mol. The summed E-state index contributed by atoms with van der Waals surface area (Å²) in [5, 5.41) is 4.95. The van der Waals surface area contributed by atoms with Crippen molar-refractivity contribution in [2.45, 2.75) is 20.5 Å². The van der Waals surface area contributed by atoms with Crippen LogP contribution >= 0.6 is 11.6 Å². The number of hydrogen-bond acceptors (Lipinski definition) is 3. The minimum Gasteiger partial charge on any atom is -0.433 e. The molecule has 0 atom stereocenters. The Hall–Kier alpha value is -2.67. The van der Waals surface area contributed by atoms with Crippen LogP contribution in [0.15, 0.2) is 36.4 Å². The molecule has 0 bridgehead atoms. The summed E-state index contributed by atoms with van der Waals surface area (Å²) < 4.78 is 28.6. The number of anilines is 1. The average molecular weight is 383 g/mol. The maximum absolute atomic E-state index is 12.2. The van der Waals surface area contributed by atoms with E-state index in [4.69, 9.17) is 11.6 Å². The monoisotopic (exact) mass is 382 g/mol. The highest BCUT2D eigenvalue weighted by atomic mass is 35.5. The smallest absolute Gasteiger partial charge is 0.387 e. The van der Waals surface area contributed by atoms with Crippen molar-refractivity contribution in [3.8, 4) is 5.75 Å². The minimum absolute atomic E-state index is 0.0673. The molecule has 8 heteroatoms. The van der Waals surface area contributed by atoms with Crippen LogP contribution in [-0.2, 0) is 4.79 Å². The lowest BCUT2D eigenvalue weighted by atomic mass is 10.1. The SMILES string of the molecule is Cc1ccc(C(=O)NCC(=O)Nc2ccc(OC(F)F)c(Cl)c2)cc1C. The summed E-state index contributed by atoms with van der Waals surface area (Å²) in [5.74, 6) is -1.05. The molecule has 2 aromatic carbocycles. The van der Waals surface area contributed by atoms with E-state index in [-0.39, 0.29) is 23.2 Å². The number of ether oxygens (including phenoxy) is 1. The summed E-state index contributed by atoms with van der Waals surface area (Å²) in [4.78, 5) is 24.0. The predicted octanol–water partition coefficient (Wildman–Crippen LogP) is 3.93. The zero-order valence-electron chi connectivity index (χ0n) is 14.1. The molecule has 0 unspecified atom stereocenters. The van der Waals surface area contributed by atoms with Crippen LogP contribution in [0.4, 0.5) is 14.5 Å². The Morgan fingerprint density at radius 3 is 2.46 bits per heavy atom. The molecule has 2 aromatic rings. The van der Waals surface area contributed by atoms with Gasteiger partial charge in [-0.3, -0.25) is 9.59 Å². The lowest BCUT2D eigenvalue weighted by Gasteiger charge is -2.10. The van der Waals surface area contributed by atoms with Gasteiger partial charge in [0.15, 0.2) is 0 Å². The van der Waals surface area contributed by atoms with Gasteiger partial charge in [0.2, 0.25) is 5.91 Å². The van der Waals surface area contributed by atoms with E-state index in [9.17, 15) is 18.4 Å². The number of amides is 2. The third-order valence-corrected chi connectivity index (χ3v) is 3.91. The fourth-order valence-electron chi connectivity index (χ4n) is 2.12. The largest absolute Gasteiger partial charge is 0.433 e. The second-order valence-electron chi connectivity index (χ2n) is 5.55. The molecule has 26 heavy (non-hydrogen) atoms. The Morgan fingerprint density at radius 1 is 1.12 bits per heavy atom. The summed E-state index contributed by atoms with van der Waals surface area (Å²) in [5.41, 5.74) is 2.79. The number of benzene rings is 2. The molecule has 0 heterocycles. The molecule has 0 aliphatic rings. The standard InChI is InChI=1S/C18H17ClF2N2O3/c1-10-3-4-12(7-11(10)2)17(25)22-9-16(24)23-13-5-6-15(14(19)8-13)26-18(20)21/h3-8,18H,9H2,1-2H3,(H,22,25)(H,23,24). The Morgan fingerprint density at radius 2 is 1.85 bits per heavy atom. The number of halogens is 3. The Kier molecular flexibility index (Phi) is 6.52. The zero-order valence-corrected chi connectivity index (χ0v) is 14.9.